The number of hydrogen-bond donors (Lipinski definition) is 0. The van der Waals surface area contributed by atoms with Crippen molar-refractivity contribution in [2.45, 2.75) is 88.9 Å². The third-order valence-corrected chi connectivity index (χ3v) is 13.6. The Morgan fingerprint density at radius 2 is 1.22 bits per heavy atom. The predicted octanol–water partition coefficient (Wildman–Crippen LogP) is 14.2. The minimum absolute atomic E-state index is 0.122. The molecule has 1 nitrogen and oxygen atoms in total. The molecule has 10 rings (SSSR count). The average Bonchev–Trinajstić information content (AvgIpc) is 3.88. The van der Waals surface area contributed by atoms with E-state index >= 15 is 0 Å². The summed E-state index contributed by atoms with van der Waals surface area (Å²) in [6.45, 7) is 4.84. The summed E-state index contributed by atoms with van der Waals surface area (Å²) in [5.41, 5.74) is 14.9. The SMILES string of the molecule is CC1(C)c2cc(N(c3ccc(C4CCCCC4)cc3)c3ccc(C4CC5CCC4C5)cc3)ccc2-c2c(-c3cccc4ccccc34)cccc21. The smallest absolute Gasteiger partial charge is 0.0465 e. The van der Waals surface area contributed by atoms with Crippen LogP contribution in [-0.4, -0.2) is 0 Å². The molecule has 0 aliphatic heterocycles. The summed E-state index contributed by atoms with van der Waals surface area (Å²) in [5, 5.41) is 2.60. The standard InChI is InChI=1S/C50H49N/c1-50(2)47-17-9-16-44(43-15-8-13-36-12-6-7-14-42(36)43)49(47)45-29-28-41(32-48(45)50)51(39-24-20-35(21-25-39)34-10-4-3-5-11-34)40-26-22-37(23-27-40)46-31-33-18-19-38(46)30-33/h6-9,12-17,20-29,32-34,38,46H,3-5,10-11,18-19,30-31H2,1-2H3. The van der Waals surface area contributed by atoms with Crippen LogP contribution in [0.4, 0.5) is 17.1 Å². The Balaban J connectivity index is 1.08. The predicted molar refractivity (Wildman–Crippen MR) is 216 cm³/mol. The molecule has 0 N–H and O–H groups in total. The van der Waals surface area contributed by atoms with Gasteiger partial charge in [0.15, 0.2) is 0 Å². The van der Waals surface area contributed by atoms with Gasteiger partial charge in [0.05, 0.1) is 0 Å². The summed E-state index contributed by atoms with van der Waals surface area (Å²) in [4.78, 5) is 2.51. The Kier molecular flexibility index (Phi) is 7.49. The molecular weight excluding hydrogens is 615 g/mol. The third kappa shape index (κ3) is 5.18. The Bertz CT molecular complexity index is 2230. The van der Waals surface area contributed by atoms with Gasteiger partial charge in [0.1, 0.15) is 0 Å². The minimum atomic E-state index is -0.122. The lowest BCUT2D eigenvalue weighted by atomic mass is 9.81. The first-order valence-corrected chi connectivity index (χ1v) is 19.8. The number of fused-ring (bicyclic) bond motifs is 6. The second-order valence-electron chi connectivity index (χ2n) is 16.7. The monoisotopic (exact) mass is 663 g/mol. The van der Waals surface area contributed by atoms with Crippen LogP contribution >= 0.6 is 0 Å². The highest BCUT2D eigenvalue weighted by atomic mass is 15.1. The van der Waals surface area contributed by atoms with E-state index in [1.165, 1.54) is 125 Å². The van der Waals surface area contributed by atoms with Gasteiger partial charge in [0.2, 0.25) is 0 Å². The van der Waals surface area contributed by atoms with Crippen LogP contribution in [0, 0.1) is 11.8 Å². The lowest BCUT2D eigenvalue weighted by Crippen LogP contribution is -2.16. The zero-order valence-corrected chi connectivity index (χ0v) is 30.2. The van der Waals surface area contributed by atoms with E-state index < -0.39 is 0 Å². The van der Waals surface area contributed by atoms with Crippen molar-refractivity contribution < 1.29 is 0 Å². The molecule has 0 spiro atoms. The molecule has 0 aromatic heterocycles. The molecule has 0 heterocycles. The first-order chi connectivity index (χ1) is 25.0. The molecule has 4 aliphatic carbocycles. The molecule has 51 heavy (non-hydrogen) atoms. The van der Waals surface area contributed by atoms with Gasteiger partial charge in [-0.05, 0) is 147 Å². The first-order valence-electron chi connectivity index (χ1n) is 19.8. The average molecular weight is 664 g/mol. The van der Waals surface area contributed by atoms with Crippen molar-refractivity contribution in [3.05, 3.63) is 150 Å². The van der Waals surface area contributed by atoms with Gasteiger partial charge in [-0.2, -0.15) is 0 Å². The molecular formula is C50H49N. The highest BCUT2D eigenvalue weighted by Gasteiger charge is 2.40. The highest BCUT2D eigenvalue weighted by Crippen LogP contribution is 2.55. The van der Waals surface area contributed by atoms with E-state index in [-0.39, 0.29) is 5.41 Å². The van der Waals surface area contributed by atoms with Crippen molar-refractivity contribution in [2.75, 3.05) is 4.90 Å². The van der Waals surface area contributed by atoms with E-state index in [9.17, 15) is 0 Å². The Morgan fingerprint density at radius 1 is 0.529 bits per heavy atom. The number of rotatable bonds is 6. The molecule has 4 aliphatic rings. The zero-order valence-electron chi connectivity index (χ0n) is 30.2. The van der Waals surface area contributed by atoms with E-state index in [4.69, 9.17) is 0 Å². The van der Waals surface area contributed by atoms with Crippen molar-refractivity contribution in [1.82, 2.24) is 0 Å². The van der Waals surface area contributed by atoms with Crippen LogP contribution in [0.3, 0.4) is 0 Å². The molecule has 6 aromatic rings. The van der Waals surface area contributed by atoms with Crippen LogP contribution in [-0.2, 0) is 5.41 Å². The van der Waals surface area contributed by atoms with E-state index in [1.807, 2.05) is 0 Å². The molecule has 0 saturated heterocycles. The van der Waals surface area contributed by atoms with E-state index in [2.05, 4.69) is 146 Å². The maximum Gasteiger partial charge on any atom is 0.0465 e. The molecule has 6 aromatic carbocycles. The number of benzene rings is 6. The van der Waals surface area contributed by atoms with Crippen molar-refractivity contribution >= 4 is 27.8 Å². The number of nitrogens with zero attached hydrogens (tertiary/aromatic N) is 1. The molecule has 254 valence electrons. The quantitative estimate of drug-likeness (QED) is 0.171. The van der Waals surface area contributed by atoms with Gasteiger partial charge >= 0.3 is 0 Å². The Labute approximate surface area is 304 Å². The molecule has 3 unspecified atom stereocenters. The number of anilines is 3. The summed E-state index contributed by atoms with van der Waals surface area (Å²) in [7, 11) is 0. The van der Waals surface area contributed by atoms with E-state index in [0.717, 1.165) is 17.8 Å². The fourth-order valence-electron chi connectivity index (χ4n) is 10.9. The van der Waals surface area contributed by atoms with Gasteiger partial charge in [-0.15, -0.1) is 0 Å². The second-order valence-corrected chi connectivity index (χ2v) is 16.7. The molecule has 3 fully saturated rings. The lowest BCUT2D eigenvalue weighted by molar-refractivity contribution is 0.420. The molecule has 3 saturated carbocycles. The summed E-state index contributed by atoms with van der Waals surface area (Å²) in [6, 6.07) is 49.1. The molecule has 0 radical (unpaired) electrons. The normalized spacial score (nSPS) is 21.9. The summed E-state index contributed by atoms with van der Waals surface area (Å²) >= 11 is 0. The van der Waals surface area contributed by atoms with Gasteiger partial charge in [-0.1, -0.05) is 131 Å². The Hall–Kier alpha value is -4.62. The summed E-state index contributed by atoms with van der Waals surface area (Å²) in [5.74, 6) is 3.30. The number of hydrogen-bond acceptors (Lipinski definition) is 1. The molecule has 2 bridgehead atoms. The largest absolute Gasteiger partial charge is 0.310 e. The summed E-state index contributed by atoms with van der Waals surface area (Å²) < 4.78 is 0. The van der Waals surface area contributed by atoms with Gasteiger partial charge in [0.25, 0.3) is 0 Å². The van der Waals surface area contributed by atoms with Crippen LogP contribution in [0.25, 0.3) is 33.0 Å². The molecule has 3 atom stereocenters. The van der Waals surface area contributed by atoms with Gasteiger partial charge in [-0.3, -0.25) is 0 Å². The first kappa shape index (κ1) is 31.1. The third-order valence-electron chi connectivity index (χ3n) is 13.6. The van der Waals surface area contributed by atoms with Crippen LogP contribution in [0.5, 0.6) is 0 Å². The maximum atomic E-state index is 2.51. The topological polar surface area (TPSA) is 3.24 Å². The molecule has 0 amide bonds. The lowest BCUT2D eigenvalue weighted by Gasteiger charge is -2.29. The van der Waals surface area contributed by atoms with Gasteiger partial charge in [-0.25, -0.2) is 0 Å². The fourth-order valence-corrected chi connectivity index (χ4v) is 10.9. The van der Waals surface area contributed by atoms with Gasteiger partial charge in [0, 0.05) is 22.5 Å². The van der Waals surface area contributed by atoms with Crippen molar-refractivity contribution in [1.29, 1.82) is 0 Å². The fraction of sp³-hybridized carbons (Fsp3) is 0.320. The van der Waals surface area contributed by atoms with E-state index in [0.29, 0.717) is 5.92 Å². The maximum absolute atomic E-state index is 2.51. The van der Waals surface area contributed by atoms with Crippen LogP contribution in [0.1, 0.15) is 106 Å². The van der Waals surface area contributed by atoms with Crippen molar-refractivity contribution in [3.63, 3.8) is 0 Å². The van der Waals surface area contributed by atoms with Crippen LogP contribution < -0.4 is 4.90 Å². The highest BCUT2D eigenvalue weighted by molar-refractivity contribution is 6.03. The van der Waals surface area contributed by atoms with Crippen LogP contribution in [0.2, 0.25) is 0 Å². The minimum Gasteiger partial charge on any atom is -0.310 e. The summed E-state index contributed by atoms with van der Waals surface area (Å²) in [6.07, 6.45) is 12.5. The second kappa shape index (κ2) is 12.3. The zero-order chi connectivity index (χ0) is 34.1. The van der Waals surface area contributed by atoms with Gasteiger partial charge < -0.3 is 4.90 Å². The van der Waals surface area contributed by atoms with Crippen molar-refractivity contribution in [2.24, 2.45) is 11.8 Å². The van der Waals surface area contributed by atoms with Crippen molar-refractivity contribution in [3.8, 4) is 22.3 Å². The molecule has 1 heteroatoms. The van der Waals surface area contributed by atoms with Crippen LogP contribution in [0.15, 0.2) is 127 Å². The Morgan fingerprint density at radius 3 is 1.96 bits per heavy atom. The van der Waals surface area contributed by atoms with E-state index in [1.54, 1.807) is 5.56 Å².